The van der Waals surface area contributed by atoms with Crippen LogP contribution in [0.5, 0.6) is 0 Å². The van der Waals surface area contributed by atoms with E-state index in [-0.39, 0.29) is 37.4 Å². The number of aliphatic carboxylic acids is 1. The van der Waals surface area contributed by atoms with Crippen molar-refractivity contribution in [2.24, 2.45) is 0 Å². The van der Waals surface area contributed by atoms with Crippen LogP contribution in [0.4, 0.5) is 5.69 Å². The van der Waals surface area contributed by atoms with Crippen molar-refractivity contribution in [3.05, 3.63) is 37.9 Å². The number of benzene rings is 1. The van der Waals surface area contributed by atoms with Gasteiger partial charge in [-0.25, -0.2) is 4.79 Å². The lowest BCUT2D eigenvalue weighted by molar-refractivity contribution is -0.137. The molecule has 140 valence electrons. The van der Waals surface area contributed by atoms with Gasteiger partial charge in [-0.05, 0) is 49.6 Å². The van der Waals surface area contributed by atoms with Crippen LogP contribution < -0.4 is 5.32 Å². The van der Waals surface area contributed by atoms with E-state index in [4.69, 9.17) is 14.9 Å². The molecule has 0 aliphatic carbocycles. The molecule has 0 radical (unpaired) electrons. The Labute approximate surface area is 166 Å². The minimum atomic E-state index is -0.967. The van der Waals surface area contributed by atoms with E-state index in [1.807, 2.05) is 0 Å². The number of nitrogens with one attached hydrogen (secondary N) is 1. The van der Waals surface area contributed by atoms with Crippen LogP contribution >= 0.6 is 31.9 Å². The number of nitrogens with zero attached hydrogens (tertiary/aromatic N) is 1. The molecule has 8 nitrogen and oxygen atoms in total. The highest BCUT2D eigenvalue weighted by molar-refractivity contribution is 9.11. The van der Waals surface area contributed by atoms with Crippen LogP contribution in [-0.4, -0.2) is 59.8 Å². The molecule has 1 aliphatic rings. The Morgan fingerprint density at radius 1 is 1.31 bits per heavy atom. The molecule has 0 saturated carbocycles. The largest absolute Gasteiger partial charge is 0.481 e. The minimum absolute atomic E-state index is 0.0285. The summed E-state index contributed by atoms with van der Waals surface area (Å²) in [5.74, 6) is -2.05. The Bertz CT molecular complexity index is 770. The summed E-state index contributed by atoms with van der Waals surface area (Å²) < 4.78 is 5.78. The van der Waals surface area contributed by atoms with Crippen molar-refractivity contribution in [2.75, 3.05) is 32.1 Å². The summed E-state index contributed by atoms with van der Waals surface area (Å²) in [6.45, 7) is -0.115. The fourth-order valence-corrected chi connectivity index (χ4v) is 3.98. The number of methoxy groups -OCH3 is 1. The van der Waals surface area contributed by atoms with Gasteiger partial charge in [0, 0.05) is 15.5 Å². The monoisotopic (exact) mass is 490 g/mol. The molecule has 0 fully saturated rings. The van der Waals surface area contributed by atoms with Crippen molar-refractivity contribution in [3.8, 4) is 0 Å². The third kappa shape index (κ3) is 4.43. The zero-order chi connectivity index (χ0) is 19.4. The third-order valence-corrected chi connectivity index (χ3v) is 4.91. The van der Waals surface area contributed by atoms with Crippen molar-refractivity contribution in [2.45, 2.75) is 6.42 Å². The Morgan fingerprint density at radius 3 is 2.42 bits per heavy atom. The van der Waals surface area contributed by atoms with Gasteiger partial charge in [-0.2, -0.15) is 0 Å². The average Bonchev–Trinajstić information content (AvgIpc) is 2.86. The number of hydrogen-bond donors (Lipinski definition) is 3. The minimum Gasteiger partial charge on any atom is -0.481 e. The molecule has 26 heavy (non-hydrogen) atoms. The maximum atomic E-state index is 12.5. The van der Waals surface area contributed by atoms with Gasteiger partial charge in [0.05, 0.1) is 37.9 Å². The number of carbonyl (C=O) groups is 3. The van der Waals surface area contributed by atoms with Crippen LogP contribution in [0.3, 0.4) is 0 Å². The average molecular weight is 492 g/mol. The molecule has 0 unspecified atom stereocenters. The number of esters is 1. The van der Waals surface area contributed by atoms with Crippen molar-refractivity contribution >= 4 is 55.4 Å². The smallest absolute Gasteiger partial charge is 0.337 e. The fraction of sp³-hybridized carbons (Fsp3) is 0.312. The number of amides is 1. The van der Waals surface area contributed by atoms with Gasteiger partial charge in [-0.1, -0.05) is 0 Å². The quantitative estimate of drug-likeness (QED) is 0.495. The van der Waals surface area contributed by atoms with Crippen molar-refractivity contribution in [3.63, 3.8) is 0 Å². The summed E-state index contributed by atoms with van der Waals surface area (Å²) >= 11 is 6.69. The first-order valence-electron chi connectivity index (χ1n) is 7.46. The van der Waals surface area contributed by atoms with Gasteiger partial charge in [-0.3, -0.25) is 9.59 Å². The molecular weight excluding hydrogens is 476 g/mol. The summed E-state index contributed by atoms with van der Waals surface area (Å²) in [6.07, 6.45) is -0.156. The summed E-state index contributed by atoms with van der Waals surface area (Å²) in [6, 6.07) is 3.23. The van der Waals surface area contributed by atoms with E-state index in [2.05, 4.69) is 37.2 Å². The predicted octanol–water partition coefficient (Wildman–Crippen LogP) is 1.51. The molecule has 0 atom stereocenters. The highest BCUT2D eigenvalue weighted by Crippen LogP contribution is 2.35. The number of aliphatic hydroxyl groups excluding tert-OH is 1. The molecule has 10 heteroatoms. The van der Waals surface area contributed by atoms with Crippen LogP contribution in [0, 0.1) is 0 Å². The van der Waals surface area contributed by atoms with E-state index >= 15 is 0 Å². The van der Waals surface area contributed by atoms with Crippen LogP contribution in [0.15, 0.2) is 32.3 Å². The highest BCUT2D eigenvalue weighted by atomic mass is 79.9. The van der Waals surface area contributed by atoms with Crippen LogP contribution in [0.1, 0.15) is 5.56 Å². The number of ether oxygens (including phenoxy) is 1. The van der Waals surface area contributed by atoms with E-state index < -0.39 is 17.8 Å². The molecule has 2 rings (SSSR count). The van der Waals surface area contributed by atoms with Crippen molar-refractivity contribution < 1.29 is 29.3 Å². The zero-order valence-corrected chi connectivity index (χ0v) is 16.9. The fourth-order valence-electron chi connectivity index (χ4n) is 2.50. The summed E-state index contributed by atoms with van der Waals surface area (Å²) in [7, 11) is 1.22. The number of hydrogen-bond acceptors (Lipinski definition) is 6. The molecule has 1 heterocycles. The molecule has 1 aromatic rings. The number of β-amino-alcohol motifs (C(OH)–C–C–N with tert-alkyl or cyclic N) is 1. The molecular formula is C16H16Br2N2O6. The molecule has 0 spiro atoms. The van der Waals surface area contributed by atoms with Crippen LogP contribution in [-0.2, 0) is 25.5 Å². The second-order valence-corrected chi connectivity index (χ2v) is 7.13. The number of rotatable bonds is 7. The molecule has 0 aromatic heterocycles. The predicted molar refractivity (Wildman–Crippen MR) is 99.5 cm³/mol. The van der Waals surface area contributed by atoms with Crippen molar-refractivity contribution in [1.82, 2.24) is 4.90 Å². The lowest BCUT2D eigenvalue weighted by atomic mass is 10.1. The summed E-state index contributed by atoms with van der Waals surface area (Å²) in [5.41, 5.74) is 1.23. The molecule has 1 amide bonds. The third-order valence-electron chi connectivity index (χ3n) is 3.66. The Hall–Kier alpha value is -1.91. The lowest BCUT2D eigenvalue weighted by Gasteiger charge is -2.16. The van der Waals surface area contributed by atoms with Gasteiger partial charge in [0.2, 0.25) is 0 Å². The lowest BCUT2D eigenvalue weighted by Crippen LogP contribution is -2.31. The second-order valence-electron chi connectivity index (χ2n) is 5.43. The van der Waals surface area contributed by atoms with E-state index in [0.717, 1.165) is 0 Å². The Morgan fingerprint density at radius 2 is 1.92 bits per heavy atom. The maximum Gasteiger partial charge on any atom is 0.337 e. The SMILES string of the molecule is COC(=O)C1=C(Nc2c(Br)cc(CC(=O)O)cc2Br)C(=O)N(CCO)C1. The topological polar surface area (TPSA) is 116 Å². The van der Waals surface area contributed by atoms with Gasteiger partial charge in [-0.15, -0.1) is 0 Å². The molecule has 3 N–H and O–H groups in total. The summed E-state index contributed by atoms with van der Waals surface area (Å²) in [4.78, 5) is 36.7. The molecule has 1 aliphatic heterocycles. The summed E-state index contributed by atoms with van der Waals surface area (Å²) in [5, 5.41) is 20.9. The van der Waals surface area contributed by atoms with E-state index in [0.29, 0.717) is 20.2 Å². The molecule has 0 saturated heterocycles. The number of carboxylic acids is 1. The van der Waals surface area contributed by atoms with Gasteiger partial charge < -0.3 is 25.2 Å². The first kappa shape index (κ1) is 20.4. The standard InChI is InChI=1S/C16H16Br2N2O6/c1-26-16(25)9-7-20(2-3-21)15(24)13(9)19-14-10(17)4-8(5-11(14)18)6-12(22)23/h4-5,19,21H,2-3,6-7H2,1H3,(H,22,23). The van der Waals surface area contributed by atoms with Crippen LogP contribution in [0.25, 0.3) is 0 Å². The van der Waals surface area contributed by atoms with E-state index in [1.165, 1.54) is 12.0 Å². The second kappa shape index (κ2) is 8.65. The van der Waals surface area contributed by atoms with Gasteiger partial charge in [0.1, 0.15) is 5.70 Å². The number of aliphatic hydroxyl groups is 1. The first-order chi connectivity index (χ1) is 12.3. The number of halogens is 2. The number of anilines is 1. The van der Waals surface area contributed by atoms with Gasteiger partial charge >= 0.3 is 11.9 Å². The zero-order valence-electron chi connectivity index (χ0n) is 13.7. The van der Waals surface area contributed by atoms with Crippen molar-refractivity contribution in [1.29, 1.82) is 0 Å². The number of carboxylic acid groups (broad SMARTS) is 1. The van der Waals surface area contributed by atoms with Gasteiger partial charge in [0.15, 0.2) is 0 Å². The van der Waals surface area contributed by atoms with E-state index in [9.17, 15) is 14.4 Å². The molecule has 0 bridgehead atoms. The van der Waals surface area contributed by atoms with Crippen LogP contribution in [0.2, 0.25) is 0 Å². The highest BCUT2D eigenvalue weighted by Gasteiger charge is 2.35. The maximum absolute atomic E-state index is 12.5. The van der Waals surface area contributed by atoms with E-state index in [1.54, 1.807) is 12.1 Å². The first-order valence-corrected chi connectivity index (χ1v) is 9.05. The Kier molecular flexibility index (Phi) is 6.79. The van der Waals surface area contributed by atoms with Gasteiger partial charge in [0.25, 0.3) is 5.91 Å². The normalized spacial score (nSPS) is 14.0. The number of carbonyl (C=O) groups excluding carboxylic acids is 2. The molecule has 1 aromatic carbocycles. The Balaban J connectivity index is 2.39.